The highest BCUT2D eigenvalue weighted by Crippen LogP contribution is 2.21. The monoisotopic (exact) mass is 285 g/mol. The van der Waals surface area contributed by atoms with Crippen molar-refractivity contribution in [3.05, 3.63) is 0 Å². The summed E-state index contributed by atoms with van der Waals surface area (Å²) in [5.74, 6) is -1.31. The standard InChI is InChI=1S/C13H23N3O4/c1-9(12(19)14-2)8-15(3)13(20)16-6-4-5-10(16)7-11(17)18/h9-10H,4-8H2,1-3H3,(H,14,19)(H,17,18). The van der Waals surface area contributed by atoms with Gasteiger partial charge in [0.15, 0.2) is 0 Å². The van der Waals surface area contributed by atoms with Gasteiger partial charge in [-0.1, -0.05) is 6.92 Å². The summed E-state index contributed by atoms with van der Waals surface area (Å²) in [6.07, 6.45) is 1.52. The van der Waals surface area contributed by atoms with E-state index in [0.717, 1.165) is 12.8 Å². The Bertz CT molecular complexity index is 386. The van der Waals surface area contributed by atoms with Gasteiger partial charge in [-0.25, -0.2) is 4.79 Å². The average molecular weight is 285 g/mol. The van der Waals surface area contributed by atoms with E-state index in [1.807, 2.05) is 0 Å². The molecule has 0 spiro atoms. The van der Waals surface area contributed by atoms with Crippen LogP contribution in [0.1, 0.15) is 26.2 Å². The largest absolute Gasteiger partial charge is 0.481 e. The smallest absolute Gasteiger partial charge is 0.320 e. The molecule has 0 radical (unpaired) electrons. The van der Waals surface area contributed by atoms with E-state index in [1.54, 1.807) is 25.9 Å². The van der Waals surface area contributed by atoms with E-state index in [1.165, 1.54) is 4.90 Å². The lowest BCUT2D eigenvalue weighted by molar-refractivity contribution is -0.138. The number of carbonyl (C=O) groups is 3. The summed E-state index contributed by atoms with van der Waals surface area (Å²) in [7, 11) is 3.20. The highest BCUT2D eigenvalue weighted by molar-refractivity contribution is 5.80. The summed E-state index contributed by atoms with van der Waals surface area (Å²) in [5, 5.41) is 11.4. The summed E-state index contributed by atoms with van der Waals surface area (Å²) in [4.78, 5) is 37.7. The maximum Gasteiger partial charge on any atom is 0.320 e. The first-order valence-corrected chi connectivity index (χ1v) is 6.82. The molecule has 3 amide bonds. The summed E-state index contributed by atoms with van der Waals surface area (Å²) in [5.41, 5.74) is 0. The molecule has 0 aliphatic carbocycles. The second-order valence-electron chi connectivity index (χ2n) is 5.27. The number of hydrogen-bond acceptors (Lipinski definition) is 3. The molecule has 7 heteroatoms. The van der Waals surface area contributed by atoms with Crippen LogP contribution in [0.3, 0.4) is 0 Å². The molecule has 1 aliphatic rings. The van der Waals surface area contributed by atoms with Gasteiger partial charge in [0, 0.05) is 33.2 Å². The average Bonchev–Trinajstić information content (AvgIpc) is 2.83. The number of amides is 3. The number of nitrogens with zero attached hydrogens (tertiary/aromatic N) is 2. The van der Waals surface area contributed by atoms with E-state index in [0.29, 0.717) is 13.1 Å². The molecule has 2 atom stereocenters. The lowest BCUT2D eigenvalue weighted by Gasteiger charge is -2.30. The first-order chi connectivity index (χ1) is 9.36. The number of likely N-dealkylation sites (tertiary alicyclic amines) is 1. The molecule has 7 nitrogen and oxygen atoms in total. The van der Waals surface area contributed by atoms with Crippen molar-refractivity contribution >= 4 is 17.9 Å². The third-order valence-electron chi connectivity index (χ3n) is 3.60. The molecule has 0 aromatic heterocycles. The van der Waals surface area contributed by atoms with Gasteiger partial charge in [-0.3, -0.25) is 9.59 Å². The summed E-state index contributed by atoms with van der Waals surface area (Å²) < 4.78 is 0. The SMILES string of the molecule is CNC(=O)C(C)CN(C)C(=O)N1CCCC1CC(=O)O. The van der Waals surface area contributed by atoms with Gasteiger partial charge in [0.2, 0.25) is 5.91 Å². The third kappa shape index (κ3) is 4.11. The number of urea groups is 1. The number of aliphatic carboxylic acids is 1. The molecule has 1 rings (SSSR count). The van der Waals surface area contributed by atoms with E-state index >= 15 is 0 Å². The first kappa shape index (κ1) is 16.3. The quantitative estimate of drug-likeness (QED) is 0.763. The van der Waals surface area contributed by atoms with Crippen LogP contribution in [-0.4, -0.2) is 66.0 Å². The maximum absolute atomic E-state index is 12.3. The molecule has 1 fully saturated rings. The van der Waals surface area contributed by atoms with Gasteiger partial charge in [0.05, 0.1) is 12.3 Å². The van der Waals surface area contributed by atoms with Crippen LogP contribution in [0.25, 0.3) is 0 Å². The molecule has 0 aromatic carbocycles. The number of carboxylic acids is 1. The number of nitrogens with one attached hydrogen (secondary N) is 1. The van der Waals surface area contributed by atoms with Crippen LogP contribution in [-0.2, 0) is 9.59 Å². The third-order valence-corrected chi connectivity index (χ3v) is 3.60. The zero-order chi connectivity index (χ0) is 15.3. The molecule has 1 saturated heterocycles. The molecule has 1 heterocycles. The fraction of sp³-hybridized carbons (Fsp3) is 0.769. The van der Waals surface area contributed by atoms with Crippen molar-refractivity contribution in [1.82, 2.24) is 15.1 Å². The maximum atomic E-state index is 12.3. The van der Waals surface area contributed by atoms with Crippen LogP contribution in [0.5, 0.6) is 0 Å². The van der Waals surface area contributed by atoms with Crippen molar-refractivity contribution < 1.29 is 19.5 Å². The highest BCUT2D eigenvalue weighted by atomic mass is 16.4. The van der Waals surface area contributed by atoms with Crippen LogP contribution < -0.4 is 5.32 Å². The zero-order valence-corrected chi connectivity index (χ0v) is 12.3. The van der Waals surface area contributed by atoms with Crippen LogP contribution in [0.4, 0.5) is 4.79 Å². The fourth-order valence-electron chi connectivity index (χ4n) is 2.54. The minimum absolute atomic E-state index is 0.0232. The normalized spacial score (nSPS) is 19.6. The molecule has 0 aromatic rings. The van der Waals surface area contributed by atoms with Crippen molar-refractivity contribution in [2.45, 2.75) is 32.2 Å². The van der Waals surface area contributed by atoms with Gasteiger partial charge in [-0.2, -0.15) is 0 Å². The Morgan fingerprint density at radius 3 is 2.65 bits per heavy atom. The summed E-state index contributed by atoms with van der Waals surface area (Å²) in [6.45, 7) is 2.64. The number of carbonyl (C=O) groups excluding carboxylic acids is 2. The van der Waals surface area contributed by atoms with Crippen LogP contribution in [0.15, 0.2) is 0 Å². The Labute approximate surface area is 118 Å². The van der Waals surface area contributed by atoms with E-state index in [-0.39, 0.29) is 30.3 Å². The Hall–Kier alpha value is -1.79. The van der Waals surface area contributed by atoms with Crippen molar-refractivity contribution in [2.24, 2.45) is 5.92 Å². The molecule has 1 aliphatic heterocycles. The predicted molar refractivity (Wildman–Crippen MR) is 73.2 cm³/mol. The van der Waals surface area contributed by atoms with Gasteiger partial charge in [-0.15, -0.1) is 0 Å². The van der Waals surface area contributed by atoms with E-state index in [4.69, 9.17) is 5.11 Å². The van der Waals surface area contributed by atoms with Gasteiger partial charge in [-0.05, 0) is 12.8 Å². The fourth-order valence-corrected chi connectivity index (χ4v) is 2.54. The second kappa shape index (κ2) is 7.12. The highest BCUT2D eigenvalue weighted by Gasteiger charge is 2.32. The van der Waals surface area contributed by atoms with E-state index in [9.17, 15) is 14.4 Å². The molecule has 2 unspecified atom stereocenters. The number of hydrogen-bond donors (Lipinski definition) is 2. The van der Waals surface area contributed by atoms with Crippen LogP contribution in [0.2, 0.25) is 0 Å². The zero-order valence-electron chi connectivity index (χ0n) is 12.3. The Balaban J connectivity index is 2.59. The van der Waals surface area contributed by atoms with Gasteiger partial charge in [0.25, 0.3) is 0 Å². The molecule has 0 saturated carbocycles. The van der Waals surface area contributed by atoms with Crippen molar-refractivity contribution in [1.29, 1.82) is 0 Å². The first-order valence-electron chi connectivity index (χ1n) is 6.82. The molecular weight excluding hydrogens is 262 g/mol. The minimum atomic E-state index is -0.893. The number of carboxylic acid groups (broad SMARTS) is 1. The summed E-state index contributed by atoms with van der Waals surface area (Å²) >= 11 is 0. The number of rotatable bonds is 5. The lowest BCUT2D eigenvalue weighted by atomic mass is 10.1. The Morgan fingerprint density at radius 1 is 1.45 bits per heavy atom. The van der Waals surface area contributed by atoms with Gasteiger partial charge in [0.1, 0.15) is 0 Å². The predicted octanol–water partition coefficient (Wildman–Crippen LogP) is 0.359. The molecule has 0 bridgehead atoms. The van der Waals surface area contributed by atoms with Crippen molar-refractivity contribution in [3.8, 4) is 0 Å². The molecule has 114 valence electrons. The van der Waals surface area contributed by atoms with Crippen molar-refractivity contribution in [3.63, 3.8) is 0 Å². The lowest BCUT2D eigenvalue weighted by Crippen LogP contribution is -2.47. The van der Waals surface area contributed by atoms with Crippen molar-refractivity contribution in [2.75, 3.05) is 27.2 Å². The topological polar surface area (TPSA) is 90.0 Å². The Morgan fingerprint density at radius 2 is 2.10 bits per heavy atom. The minimum Gasteiger partial charge on any atom is -0.481 e. The van der Waals surface area contributed by atoms with Crippen LogP contribution in [0, 0.1) is 5.92 Å². The summed E-state index contributed by atoms with van der Waals surface area (Å²) in [6, 6.07) is -0.442. The van der Waals surface area contributed by atoms with E-state index < -0.39 is 5.97 Å². The molecular formula is C13H23N3O4. The Kier molecular flexibility index (Phi) is 5.79. The van der Waals surface area contributed by atoms with E-state index in [2.05, 4.69) is 5.32 Å². The van der Waals surface area contributed by atoms with Gasteiger partial charge >= 0.3 is 12.0 Å². The molecule has 2 N–H and O–H groups in total. The molecule has 20 heavy (non-hydrogen) atoms. The second-order valence-corrected chi connectivity index (χ2v) is 5.27. The van der Waals surface area contributed by atoms with Gasteiger partial charge < -0.3 is 20.2 Å². The van der Waals surface area contributed by atoms with Crippen LogP contribution >= 0.6 is 0 Å².